The second-order valence-corrected chi connectivity index (χ2v) is 5.39. The normalized spacial score (nSPS) is 23.7. The molecule has 0 spiro atoms. The van der Waals surface area contributed by atoms with Crippen molar-refractivity contribution in [1.29, 1.82) is 0 Å². The molecule has 3 unspecified atom stereocenters. The molecule has 3 atom stereocenters. The van der Waals surface area contributed by atoms with E-state index in [0.717, 1.165) is 19.6 Å². The third-order valence-electron chi connectivity index (χ3n) is 3.65. The van der Waals surface area contributed by atoms with Crippen LogP contribution in [-0.2, 0) is 9.53 Å². The molecule has 17 heavy (non-hydrogen) atoms. The van der Waals surface area contributed by atoms with Crippen molar-refractivity contribution < 1.29 is 9.53 Å². The Bertz CT molecular complexity index is 238. The van der Waals surface area contributed by atoms with Gasteiger partial charge in [0.15, 0.2) is 0 Å². The topological polar surface area (TPSA) is 50.4 Å². The first-order valence-electron chi connectivity index (χ1n) is 6.61. The van der Waals surface area contributed by atoms with Crippen molar-refractivity contribution in [3.8, 4) is 0 Å². The predicted octanol–water partition coefficient (Wildman–Crippen LogP) is 1.16. The number of rotatable bonds is 6. The summed E-state index contributed by atoms with van der Waals surface area (Å²) in [6.07, 6.45) is 1.10. The lowest BCUT2D eigenvalue weighted by molar-refractivity contribution is -0.121. The third-order valence-corrected chi connectivity index (χ3v) is 3.65. The molecule has 2 N–H and O–H groups in total. The SMILES string of the molecule is CC(C)C(C)NC(=O)CNC(C)C1CCOC1. The molecule has 1 saturated heterocycles. The zero-order chi connectivity index (χ0) is 12.8. The summed E-state index contributed by atoms with van der Waals surface area (Å²) in [5.74, 6) is 1.10. The van der Waals surface area contributed by atoms with Gasteiger partial charge in [-0.3, -0.25) is 4.79 Å². The first-order valence-corrected chi connectivity index (χ1v) is 6.61. The molecule has 100 valence electrons. The Kier molecular flexibility index (Phi) is 5.92. The van der Waals surface area contributed by atoms with E-state index in [1.165, 1.54) is 0 Å². The fourth-order valence-corrected chi connectivity index (χ4v) is 1.84. The summed E-state index contributed by atoms with van der Waals surface area (Å²) in [5, 5.41) is 6.27. The number of nitrogens with one attached hydrogen (secondary N) is 2. The van der Waals surface area contributed by atoms with Gasteiger partial charge in [0.2, 0.25) is 5.91 Å². The quantitative estimate of drug-likeness (QED) is 0.735. The molecule has 0 bridgehead atoms. The van der Waals surface area contributed by atoms with Gasteiger partial charge in [0.1, 0.15) is 0 Å². The molecule has 4 nitrogen and oxygen atoms in total. The summed E-state index contributed by atoms with van der Waals surface area (Å²) < 4.78 is 5.34. The largest absolute Gasteiger partial charge is 0.381 e. The highest BCUT2D eigenvalue weighted by atomic mass is 16.5. The van der Waals surface area contributed by atoms with Crippen molar-refractivity contribution in [1.82, 2.24) is 10.6 Å². The molecule has 1 heterocycles. The lowest BCUT2D eigenvalue weighted by atomic mass is 10.0. The minimum atomic E-state index is 0.0805. The van der Waals surface area contributed by atoms with Crippen molar-refractivity contribution in [3.63, 3.8) is 0 Å². The monoisotopic (exact) mass is 242 g/mol. The van der Waals surface area contributed by atoms with Crippen LogP contribution in [0.1, 0.15) is 34.1 Å². The minimum Gasteiger partial charge on any atom is -0.381 e. The minimum absolute atomic E-state index is 0.0805. The average molecular weight is 242 g/mol. The molecule has 0 aromatic heterocycles. The lowest BCUT2D eigenvalue weighted by Gasteiger charge is -2.21. The highest BCUT2D eigenvalue weighted by Gasteiger charge is 2.22. The van der Waals surface area contributed by atoms with E-state index < -0.39 is 0 Å². The van der Waals surface area contributed by atoms with E-state index in [2.05, 4.69) is 31.4 Å². The highest BCUT2D eigenvalue weighted by molar-refractivity contribution is 5.78. The van der Waals surface area contributed by atoms with E-state index in [0.29, 0.717) is 24.4 Å². The summed E-state index contributed by atoms with van der Waals surface area (Å²) in [6.45, 7) is 10.4. The molecule has 0 aliphatic carbocycles. The molecule has 0 radical (unpaired) electrons. The van der Waals surface area contributed by atoms with Crippen LogP contribution < -0.4 is 10.6 Å². The van der Waals surface area contributed by atoms with Gasteiger partial charge in [-0.15, -0.1) is 0 Å². The third kappa shape index (κ3) is 5.04. The Labute approximate surface area is 104 Å². The van der Waals surface area contributed by atoms with Crippen LogP contribution in [0, 0.1) is 11.8 Å². The highest BCUT2D eigenvalue weighted by Crippen LogP contribution is 2.15. The number of amides is 1. The molecule has 0 aromatic rings. The van der Waals surface area contributed by atoms with E-state index >= 15 is 0 Å². The second kappa shape index (κ2) is 6.97. The van der Waals surface area contributed by atoms with Crippen LogP contribution in [0.4, 0.5) is 0 Å². The van der Waals surface area contributed by atoms with Gasteiger partial charge in [-0.05, 0) is 32.1 Å². The number of ether oxygens (including phenoxy) is 1. The van der Waals surface area contributed by atoms with Gasteiger partial charge in [0.25, 0.3) is 0 Å². The Morgan fingerprint density at radius 2 is 2.06 bits per heavy atom. The maximum atomic E-state index is 11.7. The Balaban J connectivity index is 2.18. The summed E-state index contributed by atoms with van der Waals surface area (Å²) in [5.41, 5.74) is 0. The first-order chi connectivity index (χ1) is 8.00. The smallest absolute Gasteiger partial charge is 0.234 e. The van der Waals surface area contributed by atoms with Gasteiger partial charge in [0, 0.05) is 18.7 Å². The maximum Gasteiger partial charge on any atom is 0.234 e. The Morgan fingerprint density at radius 3 is 2.59 bits per heavy atom. The molecular formula is C13H26N2O2. The van der Waals surface area contributed by atoms with Crippen molar-refractivity contribution in [2.24, 2.45) is 11.8 Å². The Hall–Kier alpha value is -0.610. The fraction of sp³-hybridized carbons (Fsp3) is 0.923. The van der Waals surface area contributed by atoms with E-state index in [1.807, 2.05) is 6.92 Å². The summed E-state index contributed by atoms with van der Waals surface area (Å²) >= 11 is 0. The number of carbonyl (C=O) groups is 1. The fourth-order valence-electron chi connectivity index (χ4n) is 1.84. The van der Waals surface area contributed by atoms with Crippen molar-refractivity contribution in [2.45, 2.75) is 46.2 Å². The summed E-state index contributed by atoms with van der Waals surface area (Å²) in [4.78, 5) is 11.7. The van der Waals surface area contributed by atoms with Gasteiger partial charge in [-0.1, -0.05) is 13.8 Å². The number of hydrogen-bond donors (Lipinski definition) is 2. The summed E-state index contributed by atoms with van der Waals surface area (Å²) in [7, 11) is 0. The zero-order valence-corrected chi connectivity index (χ0v) is 11.5. The summed E-state index contributed by atoms with van der Waals surface area (Å²) in [6, 6.07) is 0.576. The predicted molar refractivity (Wildman–Crippen MR) is 68.8 cm³/mol. The lowest BCUT2D eigenvalue weighted by Crippen LogP contribution is -2.45. The molecule has 1 fully saturated rings. The van der Waals surface area contributed by atoms with Crippen molar-refractivity contribution in [2.75, 3.05) is 19.8 Å². The zero-order valence-electron chi connectivity index (χ0n) is 11.5. The first kappa shape index (κ1) is 14.5. The van der Waals surface area contributed by atoms with Gasteiger partial charge in [0.05, 0.1) is 13.2 Å². The van der Waals surface area contributed by atoms with Gasteiger partial charge < -0.3 is 15.4 Å². The van der Waals surface area contributed by atoms with Gasteiger partial charge in [-0.2, -0.15) is 0 Å². The molecule has 1 rings (SSSR count). The van der Waals surface area contributed by atoms with Crippen LogP contribution in [-0.4, -0.2) is 37.7 Å². The van der Waals surface area contributed by atoms with Crippen LogP contribution in [0.15, 0.2) is 0 Å². The van der Waals surface area contributed by atoms with Crippen molar-refractivity contribution >= 4 is 5.91 Å². The van der Waals surface area contributed by atoms with Crippen LogP contribution in [0.3, 0.4) is 0 Å². The molecule has 0 saturated carbocycles. The van der Waals surface area contributed by atoms with E-state index in [4.69, 9.17) is 4.74 Å². The number of carbonyl (C=O) groups excluding carboxylic acids is 1. The Morgan fingerprint density at radius 1 is 1.35 bits per heavy atom. The van der Waals surface area contributed by atoms with Gasteiger partial charge in [-0.25, -0.2) is 0 Å². The van der Waals surface area contributed by atoms with E-state index in [-0.39, 0.29) is 11.9 Å². The van der Waals surface area contributed by atoms with Crippen LogP contribution >= 0.6 is 0 Å². The molecular weight excluding hydrogens is 216 g/mol. The molecule has 1 aliphatic rings. The molecule has 1 amide bonds. The van der Waals surface area contributed by atoms with E-state index in [1.54, 1.807) is 0 Å². The molecule has 4 heteroatoms. The molecule has 1 aliphatic heterocycles. The molecule has 0 aromatic carbocycles. The van der Waals surface area contributed by atoms with Crippen LogP contribution in [0.2, 0.25) is 0 Å². The van der Waals surface area contributed by atoms with E-state index in [9.17, 15) is 4.79 Å². The number of hydrogen-bond acceptors (Lipinski definition) is 3. The average Bonchev–Trinajstić information content (AvgIpc) is 2.79. The van der Waals surface area contributed by atoms with Crippen LogP contribution in [0.25, 0.3) is 0 Å². The van der Waals surface area contributed by atoms with Gasteiger partial charge >= 0.3 is 0 Å². The van der Waals surface area contributed by atoms with Crippen molar-refractivity contribution in [3.05, 3.63) is 0 Å². The van der Waals surface area contributed by atoms with Crippen LogP contribution in [0.5, 0.6) is 0 Å². The maximum absolute atomic E-state index is 11.7. The standard InChI is InChI=1S/C13H26N2O2/c1-9(2)10(3)15-13(16)7-14-11(4)12-5-6-17-8-12/h9-12,14H,5-8H2,1-4H3,(H,15,16). The second-order valence-electron chi connectivity index (χ2n) is 5.39.